The van der Waals surface area contributed by atoms with Crippen molar-refractivity contribution in [3.8, 4) is 0 Å². The van der Waals surface area contributed by atoms with Crippen molar-refractivity contribution in [1.82, 2.24) is 20.1 Å². The third-order valence-electron chi connectivity index (χ3n) is 3.08. The Morgan fingerprint density at radius 2 is 2.14 bits per heavy atom. The highest BCUT2D eigenvalue weighted by Crippen LogP contribution is 2.20. The van der Waals surface area contributed by atoms with Crippen LogP contribution in [0, 0.1) is 0 Å². The molecule has 2 rings (SSSR count). The molecule has 0 saturated heterocycles. The summed E-state index contributed by atoms with van der Waals surface area (Å²) in [6.45, 7) is 5.37. The lowest BCUT2D eigenvalue weighted by Gasteiger charge is -2.05. The first kappa shape index (κ1) is 15.6. The van der Waals surface area contributed by atoms with Gasteiger partial charge < -0.3 is 10.3 Å². The first-order valence-corrected chi connectivity index (χ1v) is 8.38. The Kier molecular flexibility index (Phi) is 4.69. The number of nitrogens with zero attached hydrogens (tertiary/aromatic N) is 2. The van der Waals surface area contributed by atoms with Gasteiger partial charge in [-0.1, -0.05) is 13.8 Å². The van der Waals surface area contributed by atoms with E-state index in [1.54, 1.807) is 24.0 Å². The highest BCUT2D eigenvalue weighted by atomic mass is 32.2. The Hall–Kier alpha value is -1.80. The molecule has 7 nitrogen and oxygen atoms in total. The van der Waals surface area contributed by atoms with Gasteiger partial charge in [0.25, 0.3) is 10.0 Å². The Morgan fingerprint density at radius 3 is 2.81 bits per heavy atom. The molecular weight excluding hydrogens is 290 g/mol. The van der Waals surface area contributed by atoms with Crippen LogP contribution >= 0.6 is 0 Å². The molecule has 0 aromatic carbocycles. The van der Waals surface area contributed by atoms with Crippen molar-refractivity contribution < 1.29 is 8.42 Å². The van der Waals surface area contributed by atoms with Gasteiger partial charge in [0, 0.05) is 31.7 Å². The molecule has 0 aliphatic rings. The fraction of sp³-hybridized carbons (Fsp3) is 0.462. The van der Waals surface area contributed by atoms with Gasteiger partial charge in [0.15, 0.2) is 0 Å². The van der Waals surface area contributed by atoms with Gasteiger partial charge in [-0.2, -0.15) is 5.10 Å². The van der Waals surface area contributed by atoms with E-state index in [1.165, 1.54) is 6.20 Å². The Balaban J connectivity index is 2.19. The van der Waals surface area contributed by atoms with E-state index < -0.39 is 10.0 Å². The zero-order valence-corrected chi connectivity index (χ0v) is 13.3. The third-order valence-corrected chi connectivity index (χ3v) is 4.42. The van der Waals surface area contributed by atoms with Crippen LogP contribution in [0.3, 0.4) is 0 Å². The van der Waals surface area contributed by atoms with Crippen LogP contribution in [-0.2, 0) is 30.0 Å². The van der Waals surface area contributed by atoms with Crippen molar-refractivity contribution in [1.29, 1.82) is 0 Å². The zero-order valence-electron chi connectivity index (χ0n) is 12.5. The van der Waals surface area contributed by atoms with Crippen molar-refractivity contribution in [3.05, 3.63) is 29.8 Å². The first-order valence-electron chi connectivity index (χ1n) is 6.89. The minimum atomic E-state index is -3.60. The van der Waals surface area contributed by atoms with Gasteiger partial charge in [0.1, 0.15) is 4.90 Å². The standard InChI is InChI=1S/C13H21N5O2S/c1-4-12-13(9-18(3)16-12)17-21(19,20)11-6-10(15-8-11)7-14-5-2/h6,8-9,14-15,17H,4-5,7H2,1-3H3. The molecule has 0 unspecified atom stereocenters. The van der Waals surface area contributed by atoms with Gasteiger partial charge in [-0.15, -0.1) is 0 Å². The average molecular weight is 311 g/mol. The predicted octanol–water partition coefficient (Wildman–Crippen LogP) is 1.22. The number of sulfonamides is 1. The molecule has 0 bridgehead atoms. The average Bonchev–Trinajstić information content (AvgIpc) is 3.03. The number of aromatic nitrogens is 3. The molecule has 0 aliphatic heterocycles. The summed E-state index contributed by atoms with van der Waals surface area (Å²) in [5, 5.41) is 7.37. The number of hydrogen-bond donors (Lipinski definition) is 3. The predicted molar refractivity (Wildman–Crippen MR) is 81.6 cm³/mol. The molecule has 2 aromatic heterocycles. The highest BCUT2D eigenvalue weighted by molar-refractivity contribution is 7.92. The van der Waals surface area contributed by atoms with Crippen molar-refractivity contribution in [2.45, 2.75) is 31.7 Å². The summed E-state index contributed by atoms with van der Waals surface area (Å²) in [5.41, 5.74) is 2.08. The Labute approximate surface area is 124 Å². The summed E-state index contributed by atoms with van der Waals surface area (Å²) in [5.74, 6) is 0. The third kappa shape index (κ3) is 3.64. The molecule has 2 heterocycles. The Morgan fingerprint density at radius 1 is 1.38 bits per heavy atom. The number of H-pyrrole nitrogens is 1. The molecule has 0 saturated carbocycles. The number of aryl methyl sites for hydroxylation is 2. The van der Waals surface area contributed by atoms with Gasteiger partial charge >= 0.3 is 0 Å². The van der Waals surface area contributed by atoms with Crippen LogP contribution in [0.4, 0.5) is 5.69 Å². The molecule has 0 fully saturated rings. The quantitative estimate of drug-likeness (QED) is 0.717. The van der Waals surface area contributed by atoms with E-state index in [2.05, 4.69) is 20.1 Å². The smallest absolute Gasteiger partial charge is 0.263 e. The van der Waals surface area contributed by atoms with E-state index in [0.717, 1.165) is 17.9 Å². The lowest BCUT2D eigenvalue weighted by Crippen LogP contribution is -2.13. The monoisotopic (exact) mass is 311 g/mol. The molecule has 0 atom stereocenters. The molecular formula is C13H21N5O2S. The Bertz CT molecular complexity index is 702. The molecule has 0 aliphatic carbocycles. The SMILES string of the molecule is CCNCc1cc(S(=O)(=O)Nc2cn(C)nc2CC)c[nH]1. The summed E-state index contributed by atoms with van der Waals surface area (Å²) in [4.78, 5) is 3.19. The minimum Gasteiger partial charge on any atom is -0.363 e. The molecule has 21 heavy (non-hydrogen) atoms. The summed E-state index contributed by atoms with van der Waals surface area (Å²) in [6, 6.07) is 1.63. The summed E-state index contributed by atoms with van der Waals surface area (Å²) >= 11 is 0. The van der Waals surface area contributed by atoms with Crippen molar-refractivity contribution in [3.63, 3.8) is 0 Å². The van der Waals surface area contributed by atoms with Crippen LogP contribution in [0.25, 0.3) is 0 Å². The first-order chi connectivity index (χ1) is 9.96. The van der Waals surface area contributed by atoms with Crippen LogP contribution < -0.4 is 10.0 Å². The molecule has 8 heteroatoms. The van der Waals surface area contributed by atoms with Crippen LogP contribution in [0.1, 0.15) is 25.2 Å². The van der Waals surface area contributed by atoms with E-state index in [9.17, 15) is 8.42 Å². The second kappa shape index (κ2) is 6.31. The van der Waals surface area contributed by atoms with E-state index >= 15 is 0 Å². The highest BCUT2D eigenvalue weighted by Gasteiger charge is 2.19. The zero-order chi connectivity index (χ0) is 15.5. The van der Waals surface area contributed by atoms with E-state index in [-0.39, 0.29) is 4.90 Å². The fourth-order valence-corrected chi connectivity index (χ4v) is 3.11. The van der Waals surface area contributed by atoms with Gasteiger partial charge in [0.2, 0.25) is 0 Å². The maximum atomic E-state index is 12.4. The number of rotatable bonds is 7. The van der Waals surface area contributed by atoms with Gasteiger partial charge in [-0.3, -0.25) is 9.40 Å². The number of nitrogens with one attached hydrogen (secondary N) is 3. The van der Waals surface area contributed by atoms with Crippen LogP contribution in [0.2, 0.25) is 0 Å². The minimum absolute atomic E-state index is 0.223. The fourth-order valence-electron chi connectivity index (χ4n) is 2.02. The molecule has 0 spiro atoms. The summed E-state index contributed by atoms with van der Waals surface area (Å²) < 4.78 is 28.9. The normalized spacial score (nSPS) is 11.8. The van der Waals surface area contributed by atoms with Crippen LogP contribution in [-0.4, -0.2) is 29.7 Å². The van der Waals surface area contributed by atoms with Gasteiger partial charge in [-0.25, -0.2) is 8.42 Å². The molecule has 2 aromatic rings. The van der Waals surface area contributed by atoms with Crippen molar-refractivity contribution >= 4 is 15.7 Å². The van der Waals surface area contributed by atoms with Crippen LogP contribution in [0.5, 0.6) is 0 Å². The lowest BCUT2D eigenvalue weighted by atomic mass is 10.3. The lowest BCUT2D eigenvalue weighted by molar-refractivity contribution is 0.601. The second-order valence-corrected chi connectivity index (χ2v) is 6.45. The number of hydrogen-bond acceptors (Lipinski definition) is 4. The number of aromatic amines is 1. The molecule has 0 radical (unpaired) electrons. The molecule has 3 N–H and O–H groups in total. The van der Waals surface area contributed by atoms with Gasteiger partial charge in [0.05, 0.1) is 11.4 Å². The largest absolute Gasteiger partial charge is 0.363 e. The maximum Gasteiger partial charge on any atom is 0.263 e. The topological polar surface area (TPSA) is 91.8 Å². The number of anilines is 1. The van der Waals surface area contributed by atoms with Crippen molar-refractivity contribution in [2.75, 3.05) is 11.3 Å². The summed E-state index contributed by atoms with van der Waals surface area (Å²) in [7, 11) is -1.83. The van der Waals surface area contributed by atoms with Crippen molar-refractivity contribution in [2.24, 2.45) is 7.05 Å². The summed E-state index contributed by atoms with van der Waals surface area (Å²) in [6.07, 6.45) is 3.83. The second-order valence-electron chi connectivity index (χ2n) is 4.76. The van der Waals surface area contributed by atoms with E-state index in [0.29, 0.717) is 18.7 Å². The molecule has 0 amide bonds. The van der Waals surface area contributed by atoms with E-state index in [1.807, 2.05) is 13.8 Å². The van der Waals surface area contributed by atoms with Crippen LogP contribution in [0.15, 0.2) is 23.4 Å². The van der Waals surface area contributed by atoms with E-state index in [4.69, 9.17) is 0 Å². The maximum absolute atomic E-state index is 12.4. The van der Waals surface area contributed by atoms with Gasteiger partial charge in [-0.05, 0) is 19.0 Å². The molecule has 116 valence electrons.